The van der Waals surface area contributed by atoms with Crippen LogP contribution >= 0.6 is 0 Å². The number of hydrogen-bond donors (Lipinski definition) is 1. The fourth-order valence-electron chi connectivity index (χ4n) is 1.78. The standard InChI is InChI=1S/C16H23N3O2/c1-15(2,16(3,4)17)14-18-13(19-21-14)10-11-6-8-12(20-5)9-7-11/h6-9H,10,17H2,1-5H3. The third kappa shape index (κ3) is 3.24. The van der Waals surface area contributed by atoms with Crippen LogP contribution in [0.25, 0.3) is 0 Å². The molecular weight excluding hydrogens is 266 g/mol. The number of nitrogens with zero attached hydrogens (tertiary/aromatic N) is 2. The van der Waals surface area contributed by atoms with Crippen LogP contribution in [0.2, 0.25) is 0 Å². The molecule has 0 aliphatic heterocycles. The first-order valence-electron chi connectivity index (χ1n) is 6.99. The minimum absolute atomic E-state index is 0.391. The fraction of sp³-hybridized carbons (Fsp3) is 0.500. The normalized spacial score (nSPS) is 12.5. The smallest absolute Gasteiger partial charge is 0.234 e. The lowest BCUT2D eigenvalue weighted by Gasteiger charge is -2.34. The minimum Gasteiger partial charge on any atom is -0.497 e. The first-order chi connectivity index (χ1) is 9.74. The van der Waals surface area contributed by atoms with Crippen LogP contribution in [-0.2, 0) is 11.8 Å². The molecule has 0 saturated carbocycles. The number of hydrogen-bond acceptors (Lipinski definition) is 5. The number of methoxy groups -OCH3 is 1. The molecule has 1 aromatic heterocycles. The summed E-state index contributed by atoms with van der Waals surface area (Å²) >= 11 is 0. The summed E-state index contributed by atoms with van der Waals surface area (Å²) in [6.45, 7) is 7.94. The summed E-state index contributed by atoms with van der Waals surface area (Å²) < 4.78 is 10.5. The van der Waals surface area contributed by atoms with Crippen molar-refractivity contribution in [1.29, 1.82) is 0 Å². The molecule has 0 radical (unpaired) electrons. The molecular formula is C16H23N3O2. The Morgan fingerprint density at radius 3 is 2.29 bits per heavy atom. The van der Waals surface area contributed by atoms with Crippen molar-refractivity contribution in [3.05, 3.63) is 41.5 Å². The zero-order valence-electron chi connectivity index (χ0n) is 13.3. The molecule has 1 heterocycles. The minimum atomic E-state index is -0.448. The molecule has 0 spiro atoms. The lowest BCUT2D eigenvalue weighted by molar-refractivity contribution is 0.222. The molecule has 0 aliphatic carbocycles. The van der Waals surface area contributed by atoms with Crippen molar-refractivity contribution in [3.8, 4) is 5.75 Å². The van der Waals surface area contributed by atoms with Crippen molar-refractivity contribution in [2.45, 2.75) is 45.1 Å². The summed E-state index contributed by atoms with van der Waals surface area (Å²) in [7, 11) is 1.65. The Morgan fingerprint density at radius 2 is 1.76 bits per heavy atom. The Bertz CT molecular complexity index is 595. The summed E-state index contributed by atoms with van der Waals surface area (Å²) in [6, 6.07) is 7.83. The van der Waals surface area contributed by atoms with E-state index >= 15 is 0 Å². The van der Waals surface area contributed by atoms with E-state index in [9.17, 15) is 0 Å². The van der Waals surface area contributed by atoms with Gasteiger partial charge in [-0.1, -0.05) is 17.3 Å². The zero-order valence-corrected chi connectivity index (χ0v) is 13.3. The monoisotopic (exact) mass is 289 g/mol. The van der Waals surface area contributed by atoms with E-state index in [1.165, 1.54) is 0 Å². The molecule has 0 aliphatic rings. The van der Waals surface area contributed by atoms with E-state index in [1.54, 1.807) is 7.11 Å². The molecule has 0 fully saturated rings. The maximum absolute atomic E-state index is 6.20. The van der Waals surface area contributed by atoms with Gasteiger partial charge in [-0.3, -0.25) is 0 Å². The van der Waals surface area contributed by atoms with Crippen LogP contribution in [0.4, 0.5) is 0 Å². The van der Waals surface area contributed by atoms with E-state index in [0.717, 1.165) is 11.3 Å². The Morgan fingerprint density at radius 1 is 1.14 bits per heavy atom. The average molecular weight is 289 g/mol. The van der Waals surface area contributed by atoms with Gasteiger partial charge in [-0.15, -0.1) is 0 Å². The second-order valence-corrected chi connectivity index (χ2v) is 6.39. The predicted octanol–water partition coefficient (Wildman–Crippen LogP) is 2.68. The van der Waals surface area contributed by atoms with E-state index in [2.05, 4.69) is 10.1 Å². The van der Waals surface area contributed by atoms with Gasteiger partial charge < -0.3 is 15.0 Å². The molecule has 0 unspecified atom stereocenters. The lowest BCUT2D eigenvalue weighted by Crippen LogP contribution is -2.50. The van der Waals surface area contributed by atoms with Crippen molar-refractivity contribution < 1.29 is 9.26 Å². The first-order valence-corrected chi connectivity index (χ1v) is 6.99. The second-order valence-electron chi connectivity index (χ2n) is 6.39. The molecule has 114 valence electrons. The Hall–Kier alpha value is -1.88. The number of benzene rings is 1. The van der Waals surface area contributed by atoms with Crippen LogP contribution in [0.5, 0.6) is 5.75 Å². The molecule has 2 rings (SSSR count). The molecule has 2 aromatic rings. The van der Waals surface area contributed by atoms with Gasteiger partial charge in [0.2, 0.25) is 5.89 Å². The van der Waals surface area contributed by atoms with E-state index in [4.69, 9.17) is 15.0 Å². The third-order valence-corrected chi connectivity index (χ3v) is 4.13. The maximum Gasteiger partial charge on any atom is 0.234 e. The highest BCUT2D eigenvalue weighted by atomic mass is 16.5. The zero-order chi connectivity index (χ0) is 15.7. The molecule has 21 heavy (non-hydrogen) atoms. The largest absolute Gasteiger partial charge is 0.497 e. The first kappa shape index (κ1) is 15.5. The van der Waals surface area contributed by atoms with Crippen molar-refractivity contribution in [1.82, 2.24) is 10.1 Å². The fourth-order valence-corrected chi connectivity index (χ4v) is 1.78. The van der Waals surface area contributed by atoms with Gasteiger partial charge in [0.25, 0.3) is 0 Å². The predicted molar refractivity (Wildman–Crippen MR) is 81.4 cm³/mol. The molecule has 0 atom stereocenters. The van der Waals surface area contributed by atoms with Gasteiger partial charge in [0, 0.05) is 12.0 Å². The van der Waals surface area contributed by atoms with Crippen molar-refractivity contribution in [2.24, 2.45) is 5.73 Å². The van der Waals surface area contributed by atoms with E-state index in [1.807, 2.05) is 52.0 Å². The molecule has 0 amide bonds. The van der Waals surface area contributed by atoms with Gasteiger partial charge >= 0.3 is 0 Å². The van der Waals surface area contributed by atoms with Crippen LogP contribution < -0.4 is 10.5 Å². The van der Waals surface area contributed by atoms with Crippen LogP contribution in [0.3, 0.4) is 0 Å². The van der Waals surface area contributed by atoms with E-state index in [0.29, 0.717) is 18.1 Å². The Balaban J connectivity index is 2.16. The molecule has 5 heteroatoms. The Kier molecular flexibility index (Phi) is 4.05. The number of nitrogens with two attached hydrogens (primary N) is 1. The third-order valence-electron chi connectivity index (χ3n) is 4.13. The number of aromatic nitrogens is 2. The lowest BCUT2D eigenvalue weighted by atomic mass is 9.75. The van der Waals surface area contributed by atoms with Crippen LogP contribution in [0.15, 0.2) is 28.8 Å². The highest BCUT2D eigenvalue weighted by Crippen LogP contribution is 2.31. The van der Waals surface area contributed by atoms with Gasteiger partial charge in [0.05, 0.1) is 12.5 Å². The van der Waals surface area contributed by atoms with Gasteiger partial charge in [0.1, 0.15) is 5.75 Å². The molecule has 1 aromatic carbocycles. The van der Waals surface area contributed by atoms with E-state index < -0.39 is 11.0 Å². The summed E-state index contributed by atoms with van der Waals surface area (Å²) in [5, 5.41) is 4.06. The quantitative estimate of drug-likeness (QED) is 0.916. The van der Waals surface area contributed by atoms with Crippen LogP contribution in [0.1, 0.15) is 45.0 Å². The number of ether oxygens (including phenoxy) is 1. The highest BCUT2D eigenvalue weighted by molar-refractivity contribution is 5.28. The highest BCUT2D eigenvalue weighted by Gasteiger charge is 2.40. The molecule has 2 N–H and O–H groups in total. The topological polar surface area (TPSA) is 74.2 Å². The SMILES string of the molecule is COc1ccc(Cc2noc(C(C)(C)C(C)(C)N)n2)cc1. The van der Waals surface area contributed by atoms with Crippen molar-refractivity contribution >= 4 is 0 Å². The second kappa shape index (κ2) is 5.48. The number of rotatable bonds is 5. The Labute approximate surface area is 125 Å². The van der Waals surface area contributed by atoms with E-state index in [-0.39, 0.29) is 0 Å². The van der Waals surface area contributed by atoms with Gasteiger partial charge in [-0.25, -0.2) is 0 Å². The van der Waals surface area contributed by atoms with Crippen molar-refractivity contribution in [3.63, 3.8) is 0 Å². The summed E-state index contributed by atoms with van der Waals surface area (Å²) in [6.07, 6.45) is 0.620. The molecule has 5 nitrogen and oxygen atoms in total. The van der Waals surface area contributed by atoms with Crippen molar-refractivity contribution in [2.75, 3.05) is 7.11 Å². The average Bonchev–Trinajstić information content (AvgIpc) is 2.87. The molecule has 0 saturated heterocycles. The summed E-state index contributed by atoms with van der Waals surface area (Å²) in [5.41, 5.74) is 6.46. The van der Waals surface area contributed by atoms with Crippen LogP contribution in [0, 0.1) is 0 Å². The van der Waals surface area contributed by atoms with Gasteiger partial charge in [-0.2, -0.15) is 4.98 Å². The van der Waals surface area contributed by atoms with Crippen LogP contribution in [-0.4, -0.2) is 22.8 Å². The van der Waals surface area contributed by atoms with Gasteiger partial charge in [-0.05, 0) is 45.4 Å². The summed E-state index contributed by atoms with van der Waals surface area (Å²) in [4.78, 5) is 4.50. The molecule has 0 bridgehead atoms. The van der Waals surface area contributed by atoms with Gasteiger partial charge in [0.15, 0.2) is 5.82 Å². The summed E-state index contributed by atoms with van der Waals surface area (Å²) in [5.74, 6) is 2.06. The maximum atomic E-state index is 6.20.